The molecule has 6 rings (SSSR count). The van der Waals surface area contributed by atoms with Crippen LogP contribution in [0.1, 0.15) is 34.5 Å². The molecule has 0 fully saturated rings. The van der Waals surface area contributed by atoms with Crippen molar-refractivity contribution >= 4 is 56.3 Å². The molecule has 0 unspecified atom stereocenters. The average molecular weight is 658 g/mol. The first-order valence-electron chi connectivity index (χ1n) is 13.3. The molecule has 1 aliphatic rings. The number of thiophene rings is 1. The number of halogens is 1. The number of rotatable bonds is 8. The van der Waals surface area contributed by atoms with Crippen LogP contribution in [0, 0.1) is 0 Å². The Bertz CT molecular complexity index is 1930. The molecule has 42 heavy (non-hydrogen) atoms. The Balaban J connectivity index is 1.40. The molecule has 3 aromatic carbocycles. The van der Waals surface area contributed by atoms with Gasteiger partial charge in [-0.3, -0.25) is 9.36 Å². The van der Waals surface area contributed by atoms with E-state index in [9.17, 15) is 9.59 Å². The van der Waals surface area contributed by atoms with E-state index >= 15 is 0 Å². The van der Waals surface area contributed by atoms with Crippen molar-refractivity contribution in [2.24, 2.45) is 4.99 Å². The predicted octanol–water partition coefficient (Wildman–Crippen LogP) is 6.34. The van der Waals surface area contributed by atoms with E-state index in [4.69, 9.17) is 14.5 Å². The van der Waals surface area contributed by atoms with Gasteiger partial charge in [0.05, 0.1) is 22.4 Å². The molecule has 2 aromatic heterocycles. The Morgan fingerprint density at radius 2 is 1.76 bits per heavy atom. The predicted molar refractivity (Wildman–Crippen MR) is 170 cm³/mol. The van der Waals surface area contributed by atoms with E-state index in [0.29, 0.717) is 27.2 Å². The number of esters is 1. The van der Waals surface area contributed by atoms with Gasteiger partial charge in [-0.2, -0.15) is 0 Å². The first-order chi connectivity index (χ1) is 20.5. The van der Waals surface area contributed by atoms with Gasteiger partial charge in [0, 0.05) is 14.9 Å². The van der Waals surface area contributed by atoms with Crippen LogP contribution in [0.3, 0.4) is 0 Å². The molecule has 0 N–H and O–H groups in total. The second kappa shape index (κ2) is 12.4. The maximum atomic E-state index is 13.9. The molecule has 0 radical (unpaired) electrons. The van der Waals surface area contributed by atoms with Crippen molar-refractivity contribution in [2.45, 2.75) is 19.6 Å². The summed E-state index contributed by atoms with van der Waals surface area (Å²) in [5, 5.41) is 1.94. The van der Waals surface area contributed by atoms with Crippen molar-refractivity contribution in [1.29, 1.82) is 0 Å². The number of thiazole rings is 1. The lowest BCUT2D eigenvalue weighted by atomic mass is 9.97. The summed E-state index contributed by atoms with van der Waals surface area (Å²) < 4.78 is 14.6. The van der Waals surface area contributed by atoms with Gasteiger partial charge in [-0.15, -0.1) is 11.3 Å². The van der Waals surface area contributed by atoms with Gasteiger partial charge in [-0.05, 0) is 59.8 Å². The topological polar surface area (TPSA) is 69.9 Å². The monoisotopic (exact) mass is 656 g/mol. The number of aromatic nitrogens is 1. The van der Waals surface area contributed by atoms with Gasteiger partial charge >= 0.3 is 5.97 Å². The molecule has 0 aliphatic carbocycles. The van der Waals surface area contributed by atoms with Crippen molar-refractivity contribution in [2.75, 3.05) is 6.61 Å². The van der Waals surface area contributed by atoms with Gasteiger partial charge in [-0.1, -0.05) is 87.9 Å². The Morgan fingerprint density at radius 3 is 2.45 bits per heavy atom. The second-order valence-corrected chi connectivity index (χ2v) is 12.3. The van der Waals surface area contributed by atoms with E-state index in [1.807, 2.05) is 102 Å². The molecule has 3 heterocycles. The van der Waals surface area contributed by atoms with E-state index in [2.05, 4.69) is 15.9 Å². The second-order valence-electron chi connectivity index (χ2n) is 9.43. The molecule has 0 bridgehead atoms. The van der Waals surface area contributed by atoms with Crippen LogP contribution in [0.15, 0.2) is 116 Å². The summed E-state index contributed by atoms with van der Waals surface area (Å²) in [5.41, 5.74) is 3.39. The zero-order chi connectivity index (χ0) is 29.1. The van der Waals surface area contributed by atoms with E-state index in [1.54, 1.807) is 11.5 Å². The fourth-order valence-corrected chi connectivity index (χ4v) is 6.80. The minimum atomic E-state index is -0.646. The highest BCUT2D eigenvalue weighted by atomic mass is 79.9. The highest BCUT2D eigenvalue weighted by Crippen LogP contribution is 2.36. The lowest BCUT2D eigenvalue weighted by Crippen LogP contribution is -2.39. The Morgan fingerprint density at radius 1 is 1.00 bits per heavy atom. The van der Waals surface area contributed by atoms with Gasteiger partial charge in [0.15, 0.2) is 4.80 Å². The van der Waals surface area contributed by atoms with Crippen LogP contribution in [-0.4, -0.2) is 17.1 Å². The standard InChI is InChI=1S/C33H25BrN2O4S2/c1-2-39-32(38)28-29(23-7-4-3-5-8-23)35-33-36(30(28)26-9-6-18-41-26)31(37)27(42-33)19-21-12-16-25(17-13-21)40-20-22-10-14-24(34)15-11-22/h3-19,30H,2,20H2,1H3/b27-19-/t30-/m1/s1. The molecule has 9 heteroatoms. The average Bonchev–Trinajstić information content (AvgIpc) is 3.66. The summed E-state index contributed by atoms with van der Waals surface area (Å²) in [7, 11) is 0. The molecule has 0 saturated heterocycles. The quantitative estimate of drug-likeness (QED) is 0.183. The van der Waals surface area contributed by atoms with Crippen LogP contribution in [0.2, 0.25) is 0 Å². The molecule has 0 saturated carbocycles. The van der Waals surface area contributed by atoms with E-state index in [0.717, 1.165) is 31.8 Å². The fraction of sp³-hybridized carbons (Fsp3) is 0.121. The van der Waals surface area contributed by atoms with Crippen molar-refractivity contribution in [3.05, 3.63) is 148 Å². The highest BCUT2D eigenvalue weighted by Gasteiger charge is 2.35. The van der Waals surface area contributed by atoms with Gasteiger partial charge in [0.25, 0.3) is 5.56 Å². The third-order valence-electron chi connectivity index (χ3n) is 6.68. The van der Waals surface area contributed by atoms with E-state index in [1.165, 1.54) is 22.7 Å². The minimum absolute atomic E-state index is 0.207. The summed E-state index contributed by atoms with van der Waals surface area (Å²) in [6, 6.07) is 28.4. The number of nitrogens with zero attached hydrogens (tertiary/aromatic N) is 2. The normalized spacial score (nSPS) is 14.8. The molecule has 6 nitrogen and oxygen atoms in total. The van der Waals surface area contributed by atoms with Gasteiger partial charge in [0.1, 0.15) is 18.4 Å². The van der Waals surface area contributed by atoms with Crippen molar-refractivity contribution in [3.63, 3.8) is 0 Å². The number of carbonyl (C=O) groups is 1. The zero-order valence-electron chi connectivity index (χ0n) is 22.5. The summed E-state index contributed by atoms with van der Waals surface area (Å²) in [6.07, 6.45) is 1.85. The summed E-state index contributed by atoms with van der Waals surface area (Å²) in [5.74, 6) is 0.257. The molecule has 5 aromatic rings. The maximum Gasteiger partial charge on any atom is 0.338 e. The number of carbonyl (C=O) groups excluding carboxylic acids is 1. The molecular formula is C33H25BrN2O4S2. The van der Waals surface area contributed by atoms with E-state index < -0.39 is 12.0 Å². The molecular weight excluding hydrogens is 632 g/mol. The largest absolute Gasteiger partial charge is 0.489 e. The van der Waals surface area contributed by atoms with Gasteiger partial charge in [-0.25, -0.2) is 9.79 Å². The number of ether oxygens (including phenoxy) is 2. The van der Waals surface area contributed by atoms with Gasteiger partial charge in [0.2, 0.25) is 0 Å². The lowest BCUT2D eigenvalue weighted by Gasteiger charge is -2.24. The lowest BCUT2D eigenvalue weighted by molar-refractivity contribution is -0.138. The third-order valence-corrected chi connectivity index (χ3v) is 9.12. The molecule has 1 aliphatic heterocycles. The number of fused-ring (bicyclic) bond motifs is 1. The van der Waals surface area contributed by atoms with Crippen LogP contribution in [0.4, 0.5) is 0 Å². The number of hydrogen-bond acceptors (Lipinski definition) is 7. The smallest absolute Gasteiger partial charge is 0.338 e. The van der Waals surface area contributed by atoms with Crippen LogP contribution in [0.5, 0.6) is 5.75 Å². The van der Waals surface area contributed by atoms with Crippen LogP contribution in [0.25, 0.3) is 11.8 Å². The minimum Gasteiger partial charge on any atom is -0.489 e. The van der Waals surface area contributed by atoms with Crippen LogP contribution >= 0.6 is 38.6 Å². The first kappa shape index (κ1) is 28.1. The number of benzene rings is 3. The summed E-state index contributed by atoms with van der Waals surface area (Å²) >= 11 is 6.25. The maximum absolute atomic E-state index is 13.9. The Labute approximate surface area is 258 Å². The van der Waals surface area contributed by atoms with Gasteiger partial charge < -0.3 is 9.47 Å². The SMILES string of the molecule is CCOC(=O)C1=C(c2ccccc2)N=c2s/c(=C\c3ccc(OCc4ccc(Br)cc4)cc3)c(=O)n2[C@@H]1c1cccs1. The highest BCUT2D eigenvalue weighted by molar-refractivity contribution is 9.10. The number of hydrogen-bond donors (Lipinski definition) is 0. The first-order valence-corrected chi connectivity index (χ1v) is 15.8. The summed E-state index contributed by atoms with van der Waals surface area (Å²) in [4.78, 5) is 33.6. The Hall–Kier alpha value is -4.05. The van der Waals surface area contributed by atoms with E-state index in [-0.39, 0.29) is 12.2 Å². The zero-order valence-corrected chi connectivity index (χ0v) is 25.7. The molecule has 0 amide bonds. The Kier molecular flexibility index (Phi) is 8.32. The van der Waals surface area contributed by atoms with Crippen LogP contribution in [-0.2, 0) is 16.1 Å². The van der Waals surface area contributed by atoms with Crippen molar-refractivity contribution in [1.82, 2.24) is 4.57 Å². The third kappa shape index (κ3) is 5.81. The van der Waals surface area contributed by atoms with Crippen LogP contribution < -0.4 is 19.6 Å². The fourth-order valence-electron chi connectivity index (χ4n) is 4.72. The van der Waals surface area contributed by atoms with Crippen molar-refractivity contribution < 1.29 is 14.3 Å². The molecule has 1 atom stereocenters. The van der Waals surface area contributed by atoms with Crippen molar-refractivity contribution in [3.8, 4) is 5.75 Å². The summed E-state index contributed by atoms with van der Waals surface area (Å²) in [6.45, 7) is 2.45. The molecule has 210 valence electrons. The molecule has 0 spiro atoms.